The molecule has 20 heavy (non-hydrogen) atoms. The van der Waals surface area contributed by atoms with Crippen molar-refractivity contribution in [2.24, 2.45) is 0 Å². The molecule has 0 saturated carbocycles. The fraction of sp³-hybridized carbons (Fsp3) is 0. The number of anilines is 1. The van der Waals surface area contributed by atoms with E-state index < -0.39 is 38.2 Å². The molecule has 2 aromatic rings. The molecule has 2 rings (SSSR count). The lowest BCUT2D eigenvalue weighted by molar-refractivity contribution is 0.0692. The number of carbonyl (C=O) groups is 1. The first kappa shape index (κ1) is 13.9. The second-order valence-corrected chi connectivity index (χ2v) is 5.27. The summed E-state index contributed by atoms with van der Waals surface area (Å²) in [6, 6.07) is 2.36. The van der Waals surface area contributed by atoms with Gasteiger partial charge in [-0.25, -0.2) is 13.6 Å². The molecular weight excluding hydrogens is 296 g/mol. The molecule has 0 aliphatic carbocycles. The number of sulfonamides is 1. The molecule has 0 unspecified atom stereocenters. The van der Waals surface area contributed by atoms with Gasteiger partial charge in [0, 0.05) is 6.07 Å². The van der Waals surface area contributed by atoms with Crippen molar-refractivity contribution in [1.29, 1.82) is 0 Å². The Kier molecular flexibility index (Phi) is 3.40. The molecule has 0 fully saturated rings. The minimum atomic E-state index is -4.31. The highest BCUT2D eigenvalue weighted by molar-refractivity contribution is 7.92. The summed E-state index contributed by atoms with van der Waals surface area (Å²) >= 11 is 0. The standard InChI is InChI=1S/C10H7F2N3O4S/c11-7-2-1-5(3-8(7)12)15-20(18,19)9-6(10(16)17)4-13-14-9/h1-4,15H,(H,13,14)(H,16,17). The van der Waals surface area contributed by atoms with Gasteiger partial charge in [0.05, 0.1) is 11.9 Å². The molecule has 10 heteroatoms. The van der Waals surface area contributed by atoms with E-state index in [-0.39, 0.29) is 5.69 Å². The molecule has 0 aliphatic rings. The number of rotatable bonds is 4. The number of aromatic nitrogens is 2. The third-order valence-electron chi connectivity index (χ3n) is 2.28. The normalized spacial score (nSPS) is 11.3. The number of nitrogens with zero attached hydrogens (tertiary/aromatic N) is 1. The van der Waals surface area contributed by atoms with Crippen LogP contribution in [0.2, 0.25) is 0 Å². The monoisotopic (exact) mass is 303 g/mol. The number of benzene rings is 1. The summed E-state index contributed by atoms with van der Waals surface area (Å²) in [5.41, 5.74) is -0.824. The summed E-state index contributed by atoms with van der Waals surface area (Å²) in [6.45, 7) is 0. The maximum absolute atomic E-state index is 13.0. The van der Waals surface area contributed by atoms with E-state index in [0.29, 0.717) is 6.07 Å². The summed E-state index contributed by atoms with van der Waals surface area (Å²) in [7, 11) is -4.31. The van der Waals surface area contributed by atoms with Gasteiger partial charge in [0.15, 0.2) is 16.7 Å². The van der Waals surface area contributed by atoms with Crippen molar-refractivity contribution >= 4 is 21.7 Å². The zero-order valence-electron chi connectivity index (χ0n) is 9.59. The molecule has 0 saturated heterocycles. The Balaban J connectivity index is 2.38. The smallest absolute Gasteiger partial charge is 0.340 e. The Morgan fingerprint density at radius 1 is 1.30 bits per heavy atom. The lowest BCUT2D eigenvalue weighted by Gasteiger charge is -2.07. The van der Waals surface area contributed by atoms with Gasteiger partial charge in [-0.2, -0.15) is 13.5 Å². The van der Waals surface area contributed by atoms with Crippen LogP contribution in [-0.4, -0.2) is 29.7 Å². The van der Waals surface area contributed by atoms with Gasteiger partial charge < -0.3 is 5.11 Å². The Morgan fingerprint density at radius 2 is 2.00 bits per heavy atom. The number of hydrogen-bond acceptors (Lipinski definition) is 4. The van der Waals surface area contributed by atoms with Gasteiger partial charge in [0.1, 0.15) is 5.56 Å². The molecule has 0 spiro atoms. The molecular formula is C10H7F2N3O4S. The van der Waals surface area contributed by atoms with Crippen LogP contribution in [0.4, 0.5) is 14.5 Å². The third-order valence-corrected chi connectivity index (χ3v) is 3.63. The Labute approximate surface area is 111 Å². The Bertz CT molecular complexity index is 773. The van der Waals surface area contributed by atoms with Crippen LogP contribution in [0.5, 0.6) is 0 Å². The highest BCUT2D eigenvalue weighted by atomic mass is 32.2. The number of aromatic amines is 1. The maximum atomic E-state index is 13.0. The number of H-pyrrole nitrogens is 1. The number of aromatic carboxylic acids is 1. The summed E-state index contributed by atoms with van der Waals surface area (Å²) < 4.78 is 51.5. The second kappa shape index (κ2) is 4.89. The van der Waals surface area contributed by atoms with Gasteiger partial charge >= 0.3 is 5.97 Å². The molecule has 1 heterocycles. The van der Waals surface area contributed by atoms with Crippen LogP contribution < -0.4 is 4.72 Å². The molecule has 1 aromatic heterocycles. The fourth-order valence-corrected chi connectivity index (χ4v) is 2.54. The molecule has 1 aromatic carbocycles. The number of carboxylic acids is 1. The molecule has 7 nitrogen and oxygen atoms in total. The molecule has 106 valence electrons. The van der Waals surface area contributed by atoms with E-state index in [0.717, 1.165) is 18.3 Å². The van der Waals surface area contributed by atoms with Crippen LogP contribution in [0, 0.1) is 11.6 Å². The van der Waals surface area contributed by atoms with Crippen molar-refractivity contribution in [3.63, 3.8) is 0 Å². The number of nitrogens with one attached hydrogen (secondary N) is 2. The van der Waals surface area contributed by atoms with Gasteiger partial charge in [-0.15, -0.1) is 0 Å². The van der Waals surface area contributed by atoms with Crippen molar-refractivity contribution in [2.75, 3.05) is 4.72 Å². The van der Waals surface area contributed by atoms with E-state index >= 15 is 0 Å². The molecule has 0 aliphatic heterocycles. The average Bonchev–Trinajstić information content (AvgIpc) is 2.83. The highest BCUT2D eigenvalue weighted by Crippen LogP contribution is 2.19. The van der Waals surface area contributed by atoms with Gasteiger partial charge in [0.2, 0.25) is 0 Å². The van der Waals surface area contributed by atoms with Gasteiger partial charge in [-0.05, 0) is 12.1 Å². The van der Waals surface area contributed by atoms with Gasteiger partial charge in [-0.1, -0.05) is 0 Å². The first-order valence-electron chi connectivity index (χ1n) is 5.06. The first-order valence-corrected chi connectivity index (χ1v) is 6.54. The zero-order chi connectivity index (χ0) is 14.9. The van der Waals surface area contributed by atoms with Crippen LogP contribution in [-0.2, 0) is 10.0 Å². The maximum Gasteiger partial charge on any atom is 0.340 e. The van der Waals surface area contributed by atoms with Crippen molar-refractivity contribution in [1.82, 2.24) is 10.2 Å². The lowest BCUT2D eigenvalue weighted by atomic mass is 10.3. The second-order valence-electron chi connectivity index (χ2n) is 3.65. The minimum absolute atomic E-state index is 0.255. The number of halogens is 2. The van der Waals surface area contributed by atoms with Crippen LogP contribution in [0.1, 0.15) is 10.4 Å². The molecule has 0 amide bonds. The topological polar surface area (TPSA) is 112 Å². The van der Waals surface area contributed by atoms with Crippen molar-refractivity contribution in [3.05, 3.63) is 41.6 Å². The van der Waals surface area contributed by atoms with Crippen LogP contribution >= 0.6 is 0 Å². The Morgan fingerprint density at radius 3 is 2.60 bits per heavy atom. The van der Waals surface area contributed by atoms with Crippen LogP contribution in [0.3, 0.4) is 0 Å². The first-order chi connectivity index (χ1) is 9.31. The summed E-state index contributed by atoms with van der Waals surface area (Å²) in [6.07, 6.45) is 0.822. The quantitative estimate of drug-likeness (QED) is 0.785. The van der Waals surface area contributed by atoms with Crippen molar-refractivity contribution in [3.8, 4) is 0 Å². The third kappa shape index (κ3) is 2.59. The highest BCUT2D eigenvalue weighted by Gasteiger charge is 2.25. The average molecular weight is 303 g/mol. The summed E-state index contributed by atoms with van der Waals surface area (Å²) in [5, 5.41) is 13.5. The van der Waals surface area contributed by atoms with E-state index in [1.165, 1.54) is 0 Å². The summed E-state index contributed by atoms with van der Waals surface area (Å²) in [5.74, 6) is -3.88. The fourth-order valence-electron chi connectivity index (χ4n) is 1.40. The Hall–Kier alpha value is -2.49. The van der Waals surface area contributed by atoms with Crippen LogP contribution in [0.15, 0.2) is 29.4 Å². The number of carboxylic acid groups (broad SMARTS) is 1. The van der Waals surface area contributed by atoms with Gasteiger partial charge in [-0.3, -0.25) is 9.82 Å². The van der Waals surface area contributed by atoms with Crippen molar-refractivity contribution in [2.45, 2.75) is 5.03 Å². The van der Waals surface area contributed by atoms with Crippen molar-refractivity contribution < 1.29 is 27.1 Å². The minimum Gasteiger partial charge on any atom is -0.478 e. The predicted octanol–water partition coefficient (Wildman–Crippen LogP) is 1.19. The zero-order valence-corrected chi connectivity index (χ0v) is 10.4. The predicted molar refractivity (Wildman–Crippen MR) is 62.7 cm³/mol. The van der Waals surface area contributed by atoms with Crippen LogP contribution in [0.25, 0.3) is 0 Å². The summed E-state index contributed by atoms with van der Waals surface area (Å²) in [4.78, 5) is 10.8. The molecule has 0 atom stereocenters. The molecule has 0 bridgehead atoms. The van der Waals surface area contributed by atoms with E-state index in [4.69, 9.17) is 5.11 Å². The molecule has 3 N–H and O–H groups in total. The lowest BCUT2D eigenvalue weighted by Crippen LogP contribution is -2.16. The SMILES string of the molecule is O=C(O)c1cn[nH]c1S(=O)(=O)Nc1ccc(F)c(F)c1. The van der Waals surface area contributed by atoms with E-state index in [1.807, 2.05) is 9.82 Å². The van der Waals surface area contributed by atoms with E-state index in [2.05, 4.69) is 5.10 Å². The van der Waals surface area contributed by atoms with E-state index in [9.17, 15) is 22.0 Å². The largest absolute Gasteiger partial charge is 0.478 e. The van der Waals surface area contributed by atoms with E-state index in [1.54, 1.807) is 0 Å². The number of hydrogen-bond donors (Lipinski definition) is 3. The molecule has 0 radical (unpaired) electrons. The van der Waals surface area contributed by atoms with Gasteiger partial charge in [0.25, 0.3) is 10.0 Å².